The highest BCUT2D eigenvalue weighted by Crippen LogP contribution is 2.47. The van der Waals surface area contributed by atoms with Gasteiger partial charge in [0.2, 0.25) is 21.8 Å². The number of benzene rings is 3. The van der Waals surface area contributed by atoms with E-state index in [1.165, 1.54) is 4.90 Å². The molecule has 2 aliphatic carbocycles. The third-order valence-corrected chi connectivity index (χ3v) is 12.4. The van der Waals surface area contributed by atoms with Gasteiger partial charge in [0.1, 0.15) is 29.0 Å². The van der Waals surface area contributed by atoms with Crippen molar-refractivity contribution in [2.45, 2.75) is 74.9 Å². The zero-order valence-electron chi connectivity index (χ0n) is 30.3. The summed E-state index contributed by atoms with van der Waals surface area (Å²) in [5.41, 5.74) is 0.316. The van der Waals surface area contributed by atoms with Gasteiger partial charge in [-0.05, 0) is 53.5 Å². The van der Waals surface area contributed by atoms with Crippen LogP contribution in [0.4, 0.5) is 5.69 Å². The van der Waals surface area contributed by atoms with Gasteiger partial charge in [0.15, 0.2) is 0 Å². The van der Waals surface area contributed by atoms with E-state index in [-0.39, 0.29) is 25.3 Å². The van der Waals surface area contributed by atoms with Crippen LogP contribution in [0, 0.1) is 11.3 Å². The molecule has 1 unspecified atom stereocenters. The van der Waals surface area contributed by atoms with Gasteiger partial charge >= 0.3 is 0 Å². The predicted molar refractivity (Wildman–Crippen MR) is 200 cm³/mol. The molecule has 12 heteroatoms. The van der Waals surface area contributed by atoms with Crippen molar-refractivity contribution in [2.75, 3.05) is 26.1 Å². The average molecular weight is 729 g/mol. The Labute approximate surface area is 306 Å². The van der Waals surface area contributed by atoms with Gasteiger partial charge in [0, 0.05) is 31.2 Å². The van der Waals surface area contributed by atoms with E-state index in [0.717, 1.165) is 16.7 Å². The summed E-state index contributed by atoms with van der Waals surface area (Å²) < 4.78 is 39.4. The molecular weight excluding hydrogens is 681 g/mol. The number of amides is 3. The molecule has 5 atom stereocenters. The fourth-order valence-corrected chi connectivity index (χ4v) is 8.49. The third kappa shape index (κ3) is 7.31. The number of hydrogen-bond donors (Lipinski definition) is 3. The highest BCUT2D eigenvalue weighted by Gasteiger charge is 2.62. The minimum absolute atomic E-state index is 0.0532. The number of likely N-dealkylation sites (tertiary alicyclic amines) is 1. The molecule has 3 amide bonds. The topological polar surface area (TPSA) is 143 Å². The normalized spacial score (nSPS) is 24.8. The van der Waals surface area contributed by atoms with Gasteiger partial charge in [-0.2, -0.15) is 0 Å². The molecule has 1 heterocycles. The molecular formula is C40H48N4O7S. The molecule has 3 aromatic carbocycles. The number of carbonyl (C=O) groups excluding carboxylic acids is 3. The zero-order valence-corrected chi connectivity index (χ0v) is 31.2. The summed E-state index contributed by atoms with van der Waals surface area (Å²) in [5.74, 6) is -1.57. The van der Waals surface area contributed by atoms with Crippen LogP contribution in [0.5, 0.6) is 5.75 Å². The predicted octanol–water partition coefficient (Wildman–Crippen LogP) is 5.00. The van der Waals surface area contributed by atoms with E-state index >= 15 is 0 Å². The van der Waals surface area contributed by atoms with E-state index in [4.69, 9.17) is 9.47 Å². The number of anilines is 1. The van der Waals surface area contributed by atoms with Gasteiger partial charge in [0.25, 0.3) is 5.91 Å². The lowest BCUT2D eigenvalue weighted by molar-refractivity contribution is -0.142. The molecule has 6 rings (SSSR count). The zero-order chi connectivity index (χ0) is 37.5. The standard InChI is InChI=1S/C40H48N4O7S/c1-7-28-23-40(28,37(47)43-52(48,49)32-20-21-32)42-35(45)33-24-39(51-6,29-18-16-27(17-19-29)26-12-9-8-10-13-26)25-44(33)36(46)34(38(2,3)4)41-30-14-11-15-31(22-30)50-5/h7-19,22,28,32-34,41H,1,20-21,23-25H2,2-6H3,(H,42,45)(H,43,47)/t28-,33+,34?,39+,40-/m1/s1. The molecule has 3 N–H and O–H groups in total. The van der Waals surface area contributed by atoms with Gasteiger partial charge in [-0.3, -0.25) is 19.1 Å². The molecule has 0 bridgehead atoms. The smallest absolute Gasteiger partial charge is 0.259 e. The maximum absolute atomic E-state index is 14.9. The minimum Gasteiger partial charge on any atom is -0.497 e. The van der Waals surface area contributed by atoms with Crippen LogP contribution in [0.15, 0.2) is 91.5 Å². The molecule has 52 heavy (non-hydrogen) atoms. The monoisotopic (exact) mass is 728 g/mol. The molecule has 2 saturated carbocycles. The van der Waals surface area contributed by atoms with Crippen LogP contribution in [-0.2, 0) is 34.7 Å². The van der Waals surface area contributed by atoms with Gasteiger partial charge < -0.3 is 25.0 Å². The number of ether oxygens (including phenoxy) is 2. The van der Waals surface area contributed by atoms with E-state index in [9.17, 15) is 22.8 Å². The van der Waals surface area contributed by atoms with Gasteiger partial charge in [-0.1, -0.05) is 87.5 Å². The third-order valence-electron chi connectivity index (χ3n) is 10.6. The molecule has 276 valence electrons. The Morgan fingerprint density at radius 2 is 1.62 bits per heavy atom. The Balaban J connectivity index is 1.35. The van der Waals surface area contributed by atoms with Crippen LogP contribution in [0.25, 0.3) is 11.1 Å². The quantitative estimate of drug-likeness (QED) is 0.209. The van der Waals surface area contributed by atoms with Crippen molar-refractivity contribution in [3.05, 3.63) is 97.1 Å². The number of nitrogens with one attached hydrogen (secondary N) is 3. The highest BCUT2D eigenvalue weighted by atomic mass is 32.2. The summed E-state index contributed by atoms with van der Waals surface area (Å²) >= 11 is 0. The highest BCUT2D eigenvalue weighted by molar-refractivity contribution is 7.91. The molecule has 0 spiro atoms. The van der Waals surface area contributed by atoms with E-state index in [2.05, 4.69) is 21.9 Å². The first-order valence-electron chi connectivity index (χ1n) is 17.6. The van der Waals surface area contributed by atoms with E-state index in [1.54, 1.807) is 26.4 Å². The van der Waals surface area contributed by atoms with Crippen molar-refractivity contribution in [3.63, 3.8) is 0 Å². The fraction of sp³-hybridized carbons (Fsp3) is 0.425. The SMILES string of the molecule is C=C[C@@H]1C[C@]1(NC(=O)[C@@H]1C[C@@](OC)(c2ccc(-c3ccccc3)cc2)CN1C(=O)C(Nc1cccc(OC)c1)C(C)(C)C)C(=O)NS(=O)(=O)C1CC1. The van der Waals surface area contributed by atoms with E-state index in [0.29, 0.717) is 24.3 Å². The first-order chi connectivity index (χ1) is 24.7. The number of rotatable bonds is 13. The second-order valence-electron chi connectivity index (χ2n) is 15.2. The summed E-state index contributed by atoms with van der Waals surface area (Å²) in [5, 5.41) is 5.66. The summed E-state index contributed by atoms with van der Waals surface area (Å²) in [6, 6.07) is 23.3. The Morgan fingerprint density at radius 3 is 2.19 bits per heavy atom. The van der Waals surface area contributed by atoms with Crippen molar-refractivity contribution in [3.8, 4) is 16.9 Å². The summed E-state index contributed by atoms with van der Waals surface area (Å²) in [4.78, 5) is 44.5. The second kappa shape index (κ2) is 14.0. The maximum atomic E-state index is 14.9. The van der Waals surface area contributed by atoms with Crippen molar-refractivity contribution in [1.82, 2.24) is 14.9 Å². The number of carbonyl (C=O) groups is 3. The van der Waals surface area contributed by atoms with Gasteiger partial charge in [-0.25, -0.2) is 8.42 Å². The molecule has 3 fully saturated rings. The minimum atomic E-state index is -3.87. The van der Waals surface area contributed by atoms with Crippen molar-refractivity contribution in [1.29, 1.82) is 0 Å². The van der Waals surface area contributed by atoms with Crippen LogP contribution >= 0.6 is 0 Å². The second-order valence-corrected chi connectivity index (χ2v) is 17.1. The van der Waals surface area contributed by atoms with Crippen molar-refractivity contribution in [2.24, 2.45) is 11.3 Å². The first kappa shape index (κ1) is 37.1. The Morgan fingerprint density at radius 1 is 0.942 bits per heavy atom. The molecule has 3 aromatic rings. The van der Waals surface area contributed by atoms with Crippen LogP contribution < -0.4 is 20.1 Å². The van der Waals surface area contributed by atoms with Crippen LogP contribution in [0.3, 0.4) is 0 Å². The summed E-state index contributed by atoms with van der Waals surface area (Å²) in [7, 11) is -0.736. The molecule has 1 saturated heterocycles. The Kier molecular flexibility index (Phi) is 10.0. The lowest BCUT2D eigenvalue weighted by atomic mass is 9.85. The molecule has 1 aliphatic heterocycles. The number of sulfonamides is 1. The van der Waals surface area contributed by atoms with Crippen LogP contribution in [-0.4, -0.2) is 74.7 Å². The van der Waals surface area contributed by atoms with Gasteiger partial charge in [0.05, 0.1) is 18.9 Å². The van der Waals surface area contributed by atoms with Crippen molar-refractivity contribution >= 4 is 33.4 Å². The molecule has 3 aliphatic rings. The number of nitrogens with zero attached hydrogens (tertiary/aromatic N) is 1. The summed E-state index contributed by atoms with van der Waals surface area (Å²) in [6.07, 6.45) is 2.79. The van der Waals surface area contributed by atoms with Crippen molar-refractivity contribution < 1.29 is 32.3 Å². The van der Waals surface area contributed by atoms with E-state index in [1.807, 2.05) is 93.6 Å². The lowest BCUT2D eigenvalue weighted by Gasteiger charge is -2.36. The van der Waals surface area contributed by atoms with E-state index < -0.39 is 61.6 Å². The molecule has 11 nitrogen and oxygen atoms in total. The molecule has 0 aromatic heterocycles. The number of methoxy groups -OCH3 is 2. The van der Waals surface area contributed by atoms with Gasteiger partial charge in [-0.15, -0.1) is 6.58 Å². The molecule has 0 radical (unpaired) electrons. The average Bonchev–Trinajstić information content (AvgIpc) is 4.07. The lowest BCUT2D eigenvalue weighted by Crippen LogP contribution is -2.58. The first-order valence-corrected chi connectivity index (χ1v) is 19.1. The number of hydrogen-bond acceptors (Lipinski definition) is 8. The Hall–Kier alpha value is -4.68. The fourth-order valence-electron chi connectivity index (χ4n) is 7.12. The van der Waals surface area contributed by atoms with Crippen LogP contribution in [0.1, 0.15) is 52.0 Å². The van der Waals surface area contributed by atoms with Crippen LogP contribution in [0.2, 0.25) is 0 Å². The largest absolute Gasteiger partial charge is 0.497 e. The summed E-state index contributed by atoms with van der Waals surface area (Å²) in [6.45, 7) is 9.70. The Bertz CT molecular complexity index is 1940. The maximum Gasteiger partial charge on any atom is 0.259 e.